The van der Waals surface area contributed by atoms with E-state index in [0.717, 1.165) is 25.2 Å². The minimum Gasteiger partial charge on any atom is -0.362 e. The second-order valence-corrected chi connectivity index (χ2v) is 5.21. The third kappa shape index (κ3) is 4.35. The molecule has 0 spiro atoms. The maximum Gasteiger partial charge on any atom is 0.170 e. The normalized spacial score (nSPS) is 10.3. The molecule has 2 N–H and O–H groups in total. The van der Waals surface area contributed by atoms with Crippen molar-refractivity contribution in [3.05, 3.63) is 47.8 Å². The van der Waals surface area contributed by atoms with E-state index in [1.165, 1.54) is 11.1 Å². The molecule has 0 atom stereocenters. The van der Waals surface area contributed by atoms with Crippen LogP contribution < -0.4 is 10.6 Å². The summed E-state index contributed by atoms with van der Waals surface area (Å²) in [5.41, 5.74) is 3.57. The molecule has 0 saturated carbocycles. The zero-order valence-corrected chi connectivity index (χ0v) is 12.7. The van der Waals surface area contributed by atoms with Crippen molar-refractivity contribution in [3.63, 3.8) is 0 Å². The molecule has 1 aromatic heterocycles. The van der Waals surface area contributed by atoms with Gasteiger partial charge < -0.3 is 10.6 Å². The lowest BCUT2D eigenvalue weighted by molar-refractivity contribution is 0.574. The number of hydrogen-bond acceptors (Lipinski definition) is 2. The Balaban J connectivity index is 1.71. The second-order valence-electron chi connectivity index (χ2n) is 4.80. The molecule has 0 aliphatic rings. The number of nitrogens with one attached hydrogen (secondary N) is 2. The number of anilines is 1. The molecule has 0 amide bonds. The van der Waals surface area contributed by atoms with Crippen LogP contribution in [0.1, 0.15) is 17.5 Å². The number of rotatable bonds is 5. The van der Waals surface area contributed by atoms with Gasteiger partial charge in [-0.05, 0) is 61.8 Å². The average Bonchev–Trinajstić information content (AvgIpc) is 2.92. The maximum absolute atomic E-state index is 5.28. The van der Waals surface area contributed by atoms with Crippen LogP contribution in [0, 0.1) is 13.8 Å². The summed E-state index contributed by atoms with van der Waals surface area (Å²) in [5.74, 6) is 0. The number of nitrogens with zero attached hydrogens (tertiary/aromatic N) is 2. The smallest absolute Gasteiger partial charge is 0.170 e. The fourth-order valence-corrected chi connectivity index (χ4v) is 2.09. The van der Waals surface area contributed by atoms with Crippen LogP contribution in [-0.2, 0) is 6.54 Å². The Labute approximate surface area is 125 Å². The van der Waals surface area contributed by atoms with E-state index >= 15 is 0 Å². The summed E-state index contributed by atoms with van der Waals surface area (Å²) in [5, 5.41) is 11.2. The van der Waals surface area contributed by atoms with Crippen molar-refractivity contribution < 1.29 is 0 Å². The summed E-state index contributed by atoms with van der Waals surface area (Å²) in [7, 11) is 0. The van der Waals surface area contributed by atoms with Gasteiger partial charge in [0.1, 0.15) is 0 Å². The molecular formula is C15H20N4S. The van der Waals surface area contributed by atoms with Crippen molar-refractivity contribution in [1.82, 2.24) is 15.1 Å². The van der Waals surface area contributed by atoms with Crippen LogP contribution in [0.4, 0.5) is 5.69 Å². The molecule has 20 heavy (non-hydrogen) atoms. The van der Waals surface area contributed by atoms with Crippen molar-refractivity contribution in [2.24, 2.45) is 0 Å². The Morgan fingerprint density at radius 1 is 1.30 bits per heavy atom. The van der Waals surface area contributed by atoms with Crippen LogP contribution in [0.2, 0.25) is 0 Å². The SMILES string of the molecule is Cc1ccc(NC(=S)NCCCn2cccn2)cc1C. The molecule has 0 radical (unpaired) electrons. The van der Waals surface area contributed by atoms with E-state index in [1.807, 2.05) is 23.0 Å². The van der Waals surface area contributed by atoms with E-state index in [9.17, 15) is 0 Å². The second kappa shape index (κ2) is 7.05. The van der Waals surface area contributed by atoms with Gasteiger partial charge in [-0.1, -0.05) is 6.07 Å². The van der Waals surface area contributed by atoms with Crippen LogP contribution in [0.25, 0.3) is 0 Å². The van der Waals surface area contributed by atoms with E-state index in [0.29, 0.717) is 5.11 Å². The Hall–Kier alpha value is -1.88. The molecule has 2 rings (SSSR count). The summed E-state index contributed by atoms with van der Waals surface area (Å²) in [6, 6.07) is 8.17. The fourth-order valence-electron chi connectivity index (χ4n) is 1.87. The van der Waals surface area contributed by atoms with Gasteiger partial charge in [0.05, 0.1) is 0 Å². The molecule has 0 fully saturated rings. The first-order chi connectivity index (χ1) is 9.65. The lowest BCUT2D eigenvalue weighted by Crippen LogP contribution is -2.29. The quantitative estimate of drug-likeness (QED) is 0.656. The van der Waals surface area contributed by atoms with E-state index in [-0.39, 0.29) is 0 Å². The van der Waals surface area contributed by atoms with Crippen LogP contribution >= 0.6 is 12.2 Å². The molecule has 0 aliphatic heterocycles. The van der Waals surface area contributed by atoms with E-state index in [2.05, 4.69) is 41.7 Å². The van der Waals surface area contributed by atoms with Crippen LogP contribution in [0.3, 0.4) is 0 Å². The van der Waals surface area contributed by atoms with Gasteiger partial charge in [-0.15, -0.1) is 0 Å². The zero-order valence-electron chi connectivity index (χ0n) is 11.9. The molecule has 0 aliphatic carbocycles. The van der Waals surface area contributed by atoms with Crippen molar-refractivity contribution >= 4 is 23.0 Å². The highest BCUT2D eigenvalue weighted by Gasteiger charge is 1.99. The third-order valence-electron chi connectivity index (χ3n) is 3.17. The monoisotopic (exact) mass is 288 g/mol. The van der Waals surface area contributed by atoms with Gasteiger partial charge in [-0.3, -0.25) is 4.68 Å². The minimum atomic E-state index is 0.661. The Kier molecular flexibility index (Phi) is 5.12. The third-order valence-corrected chi connectivity index (χ3v) is 3.42. The fraction of sp³-hybridized carbons (Fsp3) is 0.333. The molecule has 0 saturated heterocycles. The van der Waals surface area contributed by atoms with Crippen molar-refractivity contribution in [2.75, 3.05) is 11.9 Å². The van der Waals surface area contributed by atoms with Crippen LogP contribution in [-0.4, -0.2) is 21.4 Å². The van der Waals surface area contributed by atoms with Gasteiger partial charge in [0.25, 0.3) is 0 Å². The first-order valence-corrected chi connectivity index (χ1v) is 7.15. The van der Waals surface area contributed by atoms with Gasteiger partial charge in [-0.25, -0.2) is 0 Å². The number of benzene rings is 1. The highest BCUT2D eigenvalue weighted by atomic mass is 32.1. The van der Waals surface area contributed by atoms with Crippen LogP contribution in [0.15, 0.2) is 36.7 Å². The number of aromatic nitrogens is 2. The summed E-state index contributed by atoms with van der Waals surface area (Å²) < 4.78 is 1.92. The average molecular weight is 288 g/mol. The molecule has 106 valence electrons. The molecular weight excluding hydrogens is 268 g/mol. The Morgan fingerprint density at radius 3 is 2.85 bits per heavy atom. The summed E-state index contributed by atoms with van der Waals surface area (Å²) >= 11 is 5.28. The molecule has 0 bridgehead atoms. The van der Waals surface area contributed by atoms with Crippen molar-refractivity contribution in [3.8, 4) is 0 Å². The lowest BCUT2D eigenvalue weighted by Gasteiger charge is -2.11. The maximum atomic E-state index is 5.28. The molecule has 4 nitrogen and oxygen atoms in total. The van der Waals surface area contributed by atoms with Gasteiger partial charge >= 0.3 is 0 Å². The predicted octanol–water partition coefficient (Wildman–Crippen LogP) is 2.88. The van der Waals surface area contributed by atoms with Gasteiger partial charge in [0.15, 0.2) is 5.11 Å². The number of hydrogen-bond donors (Lipinski definition) is 2. The molecule has 2 aromatic rings. The highest BCUT2D eigenvalue weighted by molar-refractivity contribution is 7.80. The molecule has 1 aromatic carbocycles. The highest BCUT2D eigenvalue weighted by Crippen LogP contribution is 2.13. The Bertz CT molecular complexity index is 563. The van der Waals surface area contributed by atoms with Crippen molar-refractivity contribution in [1.29, 1.82) is 0 Å². The molecule has 1 heterocycles. The standard InChI is InChI=1S/C15H20N4S/c1-12-5-6-14(11-13(12)2)18-15(20)16-7-3-9-19-10-4-8-17-19/h4-6,8,10-11H,3,7,9H2,1-2H3,(H2,16,18,20). The number of thiocarbonyl (C=S) groups is 1. The Morgan fingerprint density at radius 2 is 2.15 bits per heavy atom. The summed E-state index contributed by atoms with van der Waals surface area (Å²) in [4.78, 5) is 0. The van der Waals surface area contributed by atoms with E-state index < -0.39 is 0 Å². The van der Waals surface area contributed by atoms with E-state index in [1.54, 1.807) is 6.20 Å². The van der Waals surface area contributed by atoms with Crippen LogP contribution in [0.5, 0.6) is 0 Å². The van der Waals surface area contributed by atoms with E-state index in [4.69, 9.17) is 12.2 Å². The lowest BCUT2D eigenvalue weighted by atomic mass is 10.1. The molecule has 5 heteroatoms. The van der Waals surface area contributed by atoms with Gasteiger partial charge in [-0.2, -0.15) is 5.10 Å². The molecule has 0 unspecified atom stereocenters. The zero-order chi connectivity index (χ0) is 14.4. The van der Waals surface area contributed by atoms with Gasteiger partial charge in [0, 0.05) is 31.2 Å². The topological polar surface area (TPSA) is 41.9 Å². The minimum absolute atomic E-state index is 0.661. The summed E-state index contributed by atoms with van der Waals surface area (Å²) in [6.45, 7) is 5.93. The number of aryl methyl sites for hydroxylation is 3. The predicted molar refractivity (Wildman–Crippen MR) is 87.0 cm³/mol. The summed E-state index contributed by atoms with van der Waals surface area (Å²) in [6.07, 6.45) is 4.74. The first kappa shape index (κ1) is 14.5. The first-order valence-electron chi connectivity index (χ1n) is 6.75. The van der Waals surface area contributed by atoms with Crippen molar-refractivity contribution in [2.45, 2.75) is 26.8 Å². The van der Waals surface area contributed by atoms with Gasteiger partial charge in [0.2, 0.25) is 0 Å². The largest absolute Gasteiger partial charge is 0.362 e.